The highest BCUT2D eigenvalue weighted by Crippen LogP contribution is 2.20. The van der Waals surface area contributed by atoms with Crippen molar-refractivity contribution in [2.24, 2.45) is 0 Å². The van der Waals surface area contributed by atoms with Gasteiger partial charge in [0.2, 0.25) is 0 Å². The van der Waals surface area contributed by atoms with Crippen LogP contribution in [0.3, 0.4) is 0 Å². The van der Waals surface area contributed by atoms with Crippen LogP contribution in [0.5, 0.6) is 0 Å². The van der Waals surface area contributed by atoms with Crippen molar-refractivity contribution in [3.05, 3.63) is 53.0 Å². The van der Waals surface area contributed by atoms with E-state index in [-0.39, 0.29) is 0 Å². The third-order valence-corrected chi connectivity index (χ3v) is 4.28. The second-order valence-corrected chi connectivity index (χ2v) is 6.56. The van der Waals surface area contributed by atoms with Crippen molar-refractivity contribution in [2.75, 3.05) is 41.8 Å². The Bertz CT molecular complexity index is 672. The summed E-state index contributed by atoms with van der Waals surface area (Å²) in [5, 5.41) is 6.95. The number of hydrogen-bond acceptors (Lipinski definition) is 3. The van der Waals surface area contributed by atoms with Gasteiger partial charge in [0.1, 0.15) is 0 Å². The Hall–Kier alpha value is -1.63. The van der Waals surface area contributed by atoms with E-state index in [0.717, 1.165) is 42.2 Å². The minimum Gasteiger partial charge on any atom is -0.378 e. The number of morpholine rings is 1. The van der Waals surface area contributed by atoms with E-state index in [4.69, 9.17) is 17.0 Å². The Kier molecular flexibility index (Phi) is 5.48. The van der Waals surface area contributed by atoms with Gasteiger partial charge in [-0.3, -0.25) is 0 Å². The Morgan fingerprint density at radius 2 is 1.70 bits per heavy atom. The van der Waals surface area contributed by atoms with Gasteiger partial charge in [0, 0.05) is 34.6 Å². The minimum atomic E-state index is 0.572. The van der Waals surface area contributed by atoms with Crippen LogP contribution in [0, 0.1) is 0 Å². The third-order valence-electron chi connectivity index (χ3n) is 3.58. The molecule has 4 nitrogen and oxygen atoms in total. The van der Waals surface area contributed by atoms with Crippen LogP contribution in [0.1, 0.15) is 0 Å². The van der Waals surface area contributed by atoms with Crippen LogP contribution in [-0.4, -0.2) is 31.4 Å². The normalized spacial score (nSPS) is 14.4. The van der Waals surface area contributed by atoms with Gasteiger partial charge >= 0.3 is 0 Å². The van der Waals surface area contributed by atoms with Crippen molar-refractivity contribution in [3.8, 4) is 0 Å². The first-order valence-electron chi connectivity index (χ1n) is 7.47. The number of thiocarbonyl (C=S) groups is 1. The summed E-state index contributed by atoms with van der Waals surface area (Å²) >= 11 is 8.80. The zero-order chi connectivity index (χ0) is 16.1. The van der Waals surface area contributed by atoms with E-state index < -0.39 is 0 Å². The Labute approximate surface area is 150 Å². The molecule has 2 aromatic carbocycles. The van der Waals surface area contributed by atoms with Crippen molar-refractivity contribution >= 4 is 50.3 Å². The lowest BCUT2D eigenvalue weighted by molar-refractivity contribution is 0.122. The molecule has 120 valence electrons. The summed E-state index contributed by atoms with van der Waals surface area (Å²) in [5.74, 6) is 0. The summed E-state index contributed by atoms with van der Waals surface area (Å²) in [7, 11) is 0. The monoisotopic (exact) mass is 391 g/mol. The van der Waals surface area contributed by atoms with Gasteiger partial charge in [-0.1, -0.05) is 22.0 Å². The van der Waals surface area contributed by atoms with Gasteiger partial charge in [0.15, 0.2) is 5.11 Å². The lowest BCUT2D eigenvalue weighted by Crippen LogP contribution is -2.36. The molecule has 0 saturated carbocycles. The van der Waals surface area contributed by atoms with Gasteiger partial charge in [-0.05, 0) is 54.7 Å². The molecule has 0 radical (unpaired) electrons. The molecule has 1 heterocycles. The fourth-order valence-electron chi connectivity index (χ4n) is 2.44. The summed E-state index contributed by atoms with van der Waals surface area (Å²) < 4.78 is 6.39. The molecule has 0 bridgehead atoms. The molecule has 1 aliphatic heterocycles. The smallest absolute Gasteiger partial charge is 0.175 e. The lowest BCUT2D eigenvalue weighted by Gasteiger charge is -2.29. The van der Waals surface area contributed by atoms with E-state index in [1.165, 1.54) is 5.69 Å². The predicted molar refractivity (Wildman–Crippen MR) is 103 cm³/mol. The van der Waals surface area contributed by atoms with Crippen LogP contribution in [0.25, 0.3) is 0 Å². The molecule has 1 aliphatic rings. The number of hydrogen-bond donors (Lipinski definition) is 2. The van der Waals surface area contributed by atoms with Crippen molar-refractivity contribution in [1.82, 2.24) is 0 Å². The van der Waals surface area contributed by atoms with Crippen molar-refractivity contribution in [3.63, 3.8) is 0 Å². The van der Waals surface area contributed by atoms with E-state index in [1.54, 1.807) is 0 Å². The predicted octanol–water partition coefficient (Wildman–Crippen LogP) is 4.09. The van der Waals surface area contributed by atoms with Crippen LogP contribution in [0.2, 0.25) is 0 Å². The SMILES string of the molecule is S=C(Nc1ccc(N2CCOCC2)cc1)Nc1cccc(Br)c1. The quantitative estimate of drug-likeness (QED) is 0.770. The second-order valence-electron chi connectivity index (χ2n) is 5.24. The minimum absolute atomic E-state index is 0.572. The van der Waals surface area contributed by atoms with Crippen LogP contribution < -0.4 is 15.5 Å². The summed E-state index contributed by atoms with van der Waals surface area (Å²) in [6, 6.07) is 16.2. The fourth-order valence-corrected chi connectivity index (χ4v) is 3.07. The Morgan fingerprint density at radius 3 is 2.39 bits per heavy atom. The maximum absolute atomic E-state index is 5.38. The zero-order valence-electron chi connectivity index (χ0n) is 12.6. The molecule has 23 heavy (non-hydrogen) atoms. The van der Waals surface area contributed by atoms with Gasteiger partial charge in [0.05, 0.1) is 13.2 Å². The topological polar surface area (TPSA) is 36.5 Å². The number of nitrogens with zero attached hydrogens (tertiary/aromatic N) is 1. The number of ether oxygens (including phenoxy) is 1. The molecule has 6 heteroatoms. The number of rotatable bonds is 3. The number of anilines is 3. The zero-order valence-corrected chi connectivity index (χ0v) is 15.0. The van der Waals surface area contributed by atoms with Gasteiger partial charge in [-0.25, -0.2) is 0 Å². The number of nitrogens with one attached hydrogen (secondary N) is 2. The van der Waals surface area contributed by atoms with Crippen LogP contribution in [0.4, 0.5) is 17.1 Å². The molecule has 0 aliphatic carbocycles. The molecule has 2 aromatic rings. The second kappa shape index (κ2) is 7.77. The van der Waals surface area contributed by atoms with Crippen LogP contribution in [0.15, 0.2) is 53.0 Å². The lowest BCUT2D eigenvalue weighted by atomic mass is 10.2. The molecule has 0 atom stereocenters. The van der Waals surface area contributed by atoms with Gasteiger partial charge in [-0.2, -0.15) is 0 Å². The molecule has 1 saturated heterocycles. The summed E-state index contributed by atoms with van der Waals surface area (Å²) in [6.07, 6.45) is 0. The van der Waals surface area contributed by atoms with Gasteiger partial charge in [0.25, 0.3) is 0 Å². The molecule has 2 N–H and O–H groups in total. The Balaban J connectivity index is 1.58. The third kappa shape index (κ3) is 4.67. The van der Waals surface area contributed by atoms with Crippen LogP contribution in [-0.2, 0) is 4.74 Å². The molecule has 0 amide bonds. The number of benzene rings is 2. The van der Waals surface area contributed by atoms with E-state index >= 15 is 0 Å². The summed E-state index contributed by atoms with van der Waals surface area (Å²) in [4.78, 5) is 2.32. The molecule has 0 unspecified atom stereocenters. The first-order valence-corrected chi connectivity index (χ1v) is 8.67. The molecule has 3 rings (SSSR count). The van der Waals surface area contributed by atoms with E-state index in [9.17, 15) is 0 Å². The van der Waals surface area contributed by atoms with E-state index in [2.05, 4.69) is 43.6 Å². The maximum Gasteiger partial charge on any atom is 0.175 e. The van der Waals surface area contributed by atoms with E-state index in [1.807, 2.05) is 36.4 Å². The first kappa shape index (κ1) is 16.2. The van der Waals surface area contributed by atoms with Crippen molar-refractivity contribution < 1.29 is 4.74 Å². The largest absolute Gasteiger partial charge is 0.378 e. The van der Waals surface area contributed by atoms with Crippen molar-refractivity contribution in [1.29, 1.82) is 0 Å². The Morgan fingerprint density at radius 1 is 1.00 bits per heavy atom. The highest BCUT2D eigenvalue weighted by atomic mass is 79.9. The fraction of sp³-hybridized carbons (Fsp3) is 0.235. The molecule has 1 fully saturated rings. The van der Waals surface area contributed by atoms with Crippen LogP contribution >= 0.6 is 28.1 Å². The molecule has 0 spiro atoms. The maximum atomic E-state index is 5.38. The summed E-state index contributed by atoms with van der Waals surface area (Å²) in [6.45, 7) is 3.46. The molecular weight excluding hydrogens is 374 g/mol. The van der Waals surface area contributed by atoms with Gasteiger partial charge < -0.3 is 20.3 Å². The van der Waals surface area contributed by atoms with Crippen molar-refractivity contribution in [2.45, 2.75) is 0 Å². The molecular formula is C17H18BrN3OS. The first-order chi connectivity index (χ1) is 11.2. The highest BCUT2D eigenvalue weighted by molar-refractivity contribution is 9.10. The summed E-state index contributed by atoms with van der Waals surface area (Å²) in [5.41, 5.74) is 3.13. The highest BCUT2D eigenvalue weighted by Gasteiger charge is 2.10. The van der Waals surface area contributed by atoms with Gasteiger partial charge in [-0.15, -0.1) is 0 Å². The van der Waals surface area contributed by atoms with E-state index in [0.29, 0.717) is 5.11 Å². The molecule has 0 aromatic heterocycles. The number of halogens is 1. The average molecular weight is 392 g/mol. The average Bonchev–Trinajstić information content (AvgIpc) is 2.56. The standard InChI is InChI=1S/C17H18BrN3OS/c18-13-2-1-3-15(12-13)20-17(23)19-14-4-6-16(7-5-14)21-8-10-22-11-9-21/h1-7,12H,8-11H2,(H2,19,20,23).